The van der Waals surface area contributed by atoms with Crippen LogP contribution in [-0.2, 0) is 0 Å². The second kappa shape index (κ2) is 5.25. The van der Waals surface area contributed by atoms with E-state index in [0.29, 0.717) is 11.6 Å². The maximum atomic E-state index is 9.31. The highest BCUT2D eigenvalue weighted by Gasteiger charge is 2.29. The fraction of sp³-hybridized carbons (Fsp3) is 0.600. The smallest absolute Gasteiger partial charge is 0.226 e. The van der Waals surface area contributed by atoms with Crippen LogP contribution in [0.2, 0.25) is 10.4 Å². The number of aromatic nitrogens is 2. The van der Waals surface area contributed by atoms with Crippen LogP contribution in [0.3, 0.4) is 0 Å². The molecule has 0 saturated carbocycles. The average Bonchev–Trinajstić information content (AvgIpc) is 2.75. The molecule has 1 aliphatic rings. The Bertz CT molecular complexity index is 417. The van der Waals surface area contributed by atoms with Crippen molar-refractivity contribution in [3.8, 4) is 5.75 Å². The lowest BCUT2D eigenvalue weighted by atomic mass is 10.2. The van der Waals surface area contributed by atoms with Crippen molar-refractivity contribution >= 4 is 29.0 Å². The van der Waals surface area contributed by atoms with E-state index in [1.807, 2.05) is 4.90 Å². The van der Waals surface area contributed by atoms with Gasteiger partial charge in [0.2, 0.25) is 5.28 Å². The number of hydrogen-bond donors (Lipinski definition) is 1. The third-order valence-corrected chi connectivity index (χ3v) is 3.27. The molecular weight excluding hydrogens is 265 g/mol. The Balaban J connectivity index is 2.42. The molecule has 1 fully saturated rings. The maximum absolute atomic E-state index is 9.31. The van der Waals surface area contributed by atoms with E-state index in [1.165, 1.54) is 7.11 Å². The van der Waals surface area contributed by atoms with Crippen molar-refractivity contribution in [2.24, 2.45) is 0 Å². The summed E-state index contributed by atoms with van der Waals surface area (Å²) in [5, 5.41) is 9.57. The topological polar surface area (TPSA) is 58.5 Å². The van der Waals surface area contributed by atoms with Crippen molar-refractivity contribution in [2.75, 3.05) is 25.2 Å². The number of methoxy groups -OCH3 is 1. The first-order valence-corrected chi connectivity index (χ1v) is 6.07. The van der Waals surface area contributed by atoms with Crippen molar-refractivity contribution in [1.29, 1.82) is 0 Å². The summed E-state index contributed by atoms with van der Waals surface area (Å²) in [6, 6.07) is 0.0333. The minimum absolute atomic E-state index is 0.0333. The Hall–Kier alpha value is -0.780. The lowest BCUT2D eigenvalue weighted by Crippen LogP contribution is -2.33. The summed E-state index contributed by atoms with van der Waals surface area (Å²) in [7, 11) is 1.51. The van der Waals surface area contributed by atoms with Crippen LogP contribution in [0.15, 0.2) is 0 Å². The van der Waals surface area contributed by atoms with Gasteiger partial charge in [-0.15, -0.1) is 0 Å². The predicted molar refractivity (Wildman–Crippen MR) is 66.1 cm³/mol. The molecule has 5 nitrogen and oxygen atoms in total. The van der Waals surface area contributed by atoms with E-state index in [-0.39, 0.29) is 23.1 Å². The van der Waals surface area contributed by atoms with Gasteiger partial charge in [-0.2, -0.15) is 4.98 Å². The molecule has 7 heteroatoms. The molecule has 1 aromatic rings. The fourth-order valence-electron chi connectivity index (χ4n) is 2.06. The van der Waals surface area contributed by atoms with Gasteiger partial charge < -0.3 is 14.7 Å². The molecule has 0 radical (unpaired) electrons. The van der Waals surface area contributed by atoms with E-state index in [2.05, 4.69) is 9.97 Å². The Morgan fingerprint density at radius 1 is 1.47 bits per heavy atom. The average molecular weight is 278 g/mol. The number of aliphatic hydroxyl groups excluding tert-OH is 1. The largest absolute Gasteiger partial charge is 0.490 e. The fourth-order valence-corrected chi connectivity index (χ4v) is 2.51. The van der Waals surface area contributed by atoms with Gasteiger partial charge in [-0.3, -0.25) is 0 Å². The molecule has 1 saturated heterocycles. The molecule has 0 spiro atoms. The standard InChI is InChI=1S/C10H13Cl2N3O2/c1-17-7-8(11)13-10(12)14-9(7)15-4-2-3-6(15)5-16/h6,16H,2-5H2,1H3. The minimum atomic E-state index is 0.0333. The Morgan fingerprint density at radius 2 is 2.24 bits per heavy atom. The molecule has 17 heavy (non-hydrogen) atoms. The molecule has 0 aromatic carbocycles. The monoisotopic (exact) mass is 277 g/mol. The van der Waals surface area contributed by atoms with Crippen molar-refractivity contribution in [3.63, 3.8) is 0 Å². The van der Waals surface area contributed by atoms with E-state index >= 15 is 0 Å². The van der Waals surface area contributed by atoms with E-state index < -0.39 is 0 Å². The molecule has 1 unspecified atom stereocenters. The van der Waals surface area contributed by atoms with Crippen LogP contribution < -0.4 is 9.64 Å². The van der Waals surface area contributed by atoms with Crippen LogP contribution in [0.25, 0.3) is 0 Å². The van der Waals surface area contributed by atoms with Crippen LogP contribution in [0, 0.1) is 0 Å². The van der Waals surface area contributed by atoms with E-state index in [0.717, 1.165) is 19.4 Å². The maximum Gasteiger partial charge on any atom is 0.226 e. The number of hydrogen-bond acceptors (Lipinski definition) is 5. The van der Waals surface area contributed by atoms with Gasteiger partial charge in [0.1, 0.15) is 0 Å². The second-order valence-electron chi connectivity index (χ2n) is 3.81. The SMILES string of the molecule is COc1c(Cl)nc(Cl)nc1N1CCCC1CO. The molecule has 2 rings (SSSR count). The first kappa shape index (κ1) is 12.7. The Morgan fingerprint density at radius 3 is 2.88 bits per heavy atom. The molecular formula is C10H13Cl2N3O2. The van der Waals surface area contributed by atoms with E-state index in [4.69, 9.17) is 27.9 Å². The van der Waals surface area contributed by atoms with Gasteiger partial charge in [-0.25, -0.2) is 4.98 Å². The van der Waals surface area contributed by atoms with Gasteiger partial charge in [-0.1, -0.05) is 11.6 Å². The summed E-state index contributed by atoms with van der Waals surface area (Å²) in [4.78, 5) is 9.93. The lowest BCUT2D eigenvalue weighted by molar-refractivity contribution is 0.265. The summed E-state index contributed by atoms with van der Waals surface area (Å²) in [6.45, 7) is 0.869. The quantitative estimate of drug-likeness (QED) is 0.674. The van der Waals surface area contributed by atoms with Crippen LogP contribution in [0.4, 0.5) is 5.82 Å². The lowest BCUT2D eigenvalue weighted by Gasteiger charge is -2.25. The van der Waals surface area contributed by atoms with E-state index in [1.54, 1.807) is 0 Å². The van der Waals surface area contributed by atoms with Gasteiger partial charge in [0.15, 0.2) is 16.7 Å². The van der Waals surface area contributed by atoms with Gasteiger partial charge in [-0.05, 0) is 24.4 Å². The molecule has 0 aliphatic carbocycles. The summed E-state index contributed by atoms with van der Waals surface area (Å²) in [5.41, 5.74) is 0. The van der Waals surface area contributed by atoms with Gasteiger partial charge in [0, 0.05) is 6.54 Å². The number of nitrogens with zero attached hydrogens (tertiary/aromatic N) is 3. The summed E-state index contributed by atoms with van der Waals surface area (Å²) >= 11 is 11.8. The van der Waals surface area contributed by atoms with Crippen molar-refractivity contribution in [1.82, 2.24) is 9.97 Å². The highest BCUT2D eigenvalue weighted by molar-refractivity contribution is 6.33. The first-order valence-electron chi connectivity index (χ1n) is 5.32. The van der Waals surface area contributed by atoms with Gasteiger partial charge >= 0.3 is 0 Å². The molecule has 2 heterocycles. The number of anilines is 1. The van der Waals surface area contributed by atoms with Crippen molar-refractivity contribution in [2.45, 2.75) is 18.9 Å². The van der Waals surface area contributed by atoms with Crippen molar-refractivity contribution in [3.05, 3.63) is 10.4 Å². The molecule has 0 bridgehead atoms. The Kier molecular flexibility index (Phi) is 3.91. The second-order valence-corrected chi connectivity index (χ2v) is 4.51. The van der Waals surface area contributed by atoms with Crippen LogP contribution in [0.1, 0.15) is 12.8 Å². The molecule has 94 valence electrons. The molecule has 0 amide bonds. The summed E-state index contributed by atoms with van der Waals surface area (Å²) in [6.07, 6.45) is 1.91. The highest BCUT2D eigenvalue weighted by atomic mass is 35.5. The normalized spacial score (nSPS) is 19.8. The predicted octanol–water partition coefficient (Wildman–Crippen LogP) is 1.75. The van der Waals surface area contributed by atoms with Crippen LogP contribution >= 0.6 is 23.2 Å². The van der Waals surface area contributed by atoms with Crippen molar-refractivity contribution < 1.29 is 9.84 Å². The van der Waals surface area contributed by atoms with Crippen LogP contribution in [-0.4, -0.2) is 41.4 Å². The third kappa shape index (κ3) is 2.41. The molecule has 1 N–H and O–H groups in total. The first-order chi connectivity index (χ1) is 8.17. The summed E-state index contributed by atoms with van der Waals surface area (Å²) in [5.74, 6) is 0.950. The number of rotatable bonds is 3. The van der Waals surface area contributed by atoms with Crippen LogP contribution in [0.5, 0.6) is 5.75 Å². The van der Waals surface area contributed by atoms with E-state index in [9.17, 15) is 5.11 Å². The molecule has 1 atom stereocenters. The summed E-state index contributed by atoms with van der Waals surface area (Å²) < 4.78 is 5.20. The third-order valence-electron chi connectivity index (χ3n) is 2.84. The van der Waals surface area contributed by atoms with Gasteiger partial charge in [0.25, 0.3) is 0 Å². The molecule has 1 aliphatic heterocycles. The number of aliphatic hydroxyl groups is 1. The minimum Gasteiger partial charge on any atom is -0.490 e. The zero-order valence-electron chi connectivity index (χ0n) is 9.36. The Labute approximate surface area is 109 Å². The van der Waals surface area contributed by atoms with Gasteiger partial charge in [0.05, 0.1) is 19.8 Å². The zero-order valence-corrected chi connectivity index (χ0v) is 10.9. The number of ether oxygens (including phenoxy) is 1. The number of halogens is 2. The highest BCUT2D eigenvalue weighted by Crippen LogP contribution is 2.36. The molecule has 1 aromatic heterocycles. The zero-order chi connectivity index (χ0) is 12.4.